The van der Waals surface area contributed by atoms with Crippen LogP contribution in [-0.2, 0) is 24.0 Å². The highest BCUT2D eigenvalue weighted by atomic mass is 16.4. The third kappa shape index (κ3) is 15.5. The molecule has 0 aromatic carbocycles. The molecule has 0 saturated heterocycles. The van der Waals surface area contributed by atoms with E-state index >= 15 is 0 Å². The molecule has 0 rings (SSSR count). The van der Waals surface area contributed by atoms with Gasteiger partial charge in [0.15, 0.2) is 0 Å². The van der Waals surface area contributed by atoms with E-state index in [0.29, 0.717) is 6.42 Å². The van der Waals surface area contributed by atoms with Crippen LogP contribution in [0, 0.1) is 0 Å². The molecule has 0 fully saturated rings. The number of carbonyl (C=O) groups is 5. The van der Waals surface area contributed by atoms with Gasteiger partial charge >= 0.3 is 23.9 Å². The summed E-state index contributed by atoms with van der Waals surface area (Å²) in [4.78, 5) is 49.8. The number of hydrogen-bond acceptors (Lipinski definition) is 6. The first-order valence-corrected chi connectivity index (χ1v) is 5.76. The molecule has 0 aromatic heterocycles. The molecule has 120 valence electrons. The number of carboxylic acid groups (broad SMARTS) is 4. The van der Waals surface area contributed by atoms with E-state index in [-0.39, 0.29) is 12.8 Å². The van der Waals surface area contributed by atoms with Crippen LogP contribution in [0.3, 0.4) is 0 Å². The van der Waals surface area contributed by atoms with Gasteiger partial charge in [-0.3, -0.25) is 19.2 Å². The third-order valence-corrected chi connectivity index (χ3v) is 2.03. The van der Waals surface area contributed by atoms with Crippen molar-refractivity contribution in [3.63, 3.8) is 0 Å². The van der Waals surface area contributed by atoms with Gasteiger partial charge in [0.1, 0.15) is 6.04 Å². The fourth-order valence-corrected chi connectivity index (χ4v) is 0.924. The van der Waals surface area contributed by atoms with E-state index in [2.05, 4.69) is 0 Å². The first kappa shape index (κ1) is 20.8. The highest BCUT2D eigenvalue weighted by Gasteiger charge is 2.12. The summed E-state index contributed by atoms with van der Waals surface area (Å²) in [7, 11) is 0. The zero-order valence-electron chi connectivity index (χ0n) is 11.0. The molecule has 0 heterocycles. The van der Waals surface area contributed by atoms with Crippen molar-refractivity contribution >= 4 is 29.7 Å². The van der Waals surface area contributed by atoms with E-state index in [9.17, 15) is 24.0 Å². The minimum absolute atomic E-state index is 0.0268. The average molecular weight is 307 g/mol. The van der Waals surface area contributed by atoms with Crippen LogP contribution in [0.2, 0.25) is 0 Å². The largest absolute Gasteiger partial charge is 0.481 e. The fraction of sp³-hybridized carbons (Fsp3) is 0.545. The Bertz CT molecular complexity index is 404. The zero-order chi connectivity index (χ0) is 17.0. The topological polar surface area (TPSA) is 192 Å². The van der Waals surface area contributed by atoms with Crippen molar-refractivity contribution in [1.82, 2.24) is 0 Å². The van der Waals surface area contributed by atoms with Crippen LogP contribution in [-0.4, -0.2) is 56.1 Å². The molecule has 0 spiro atoms. The minimum atomic E-state index is -1.58. The Morgan fingerprint density at radius 3 is 1.62 bits per heavy atom. The Balaban J connectivity index is 0. The molecule has 0 aromatic rings. The molecule has 0 saturated carbocycles. The lowest BCUT2D eigenvalue weighted by molar-refractivity contribution is -0.149. The van der Waals surface area contributed by atoms with Crippen molar-refractivity contribution in [3.8, 4) is 0 Å². The van der Waals surface area contributed by atoms with Gasteiger partial charge in [-0.1, -0.05) is 0 Å². The number of carbonyl (C=O) groups excluding carboxylic acids is 1. The predicted octanol–water partition coefficient (Wildman–Crippen LogP) is -0.842. The van der Waals surface area contributed by atoms with Gasteiger partial charge in [-0.25, -0.2) is 4.79 Å². The Labute approximate surface area is 119 Å². The van der Waals surface area contributed by atoms with E-state index in [1.165, 1.54) is 0 Å². The first-order valence-electron chi connectivity index (χ1n) is 5.76. The average Bonchev–Trinajstić information content (AvgIpc) is 2.35. The Morgan fingerprint density at radius 1 is 0.810 bits per heavy atom. The normalized spacial score (nSPS) is 10.7. The standard InChI is InChI=1S/C6H11NO4.C5H6O5/c7-4(6(10)11)2-1-3-5(8)9;6-3(5(9)10)1-2-4(7)8/h4H,1-3,7H2,(H,8,9)(H,10,11);1-2H2,(H,7,8)(H,9,10). The second kappa shape index (κ2) is 11.3. The molecule has 0 amide bonds. The molecular weight excluding hydrogens is 290 g/mol. The molecule has 10 nitrogen and oxygen atoms in total. The van der Waals surface area contributed by atoms with Crippen molar-refractivity contribution < 1.29 is 44.4 Å². The summed E-state index contributed by atoms with van der Waals surface area (Å²) in [5.74, 6) is -5.84. The second-order valence-corrected chi connectivity index (χ2v) is 3.85. The van der Waals surface area contributed by atoms with Crippen molar-refractivity contribution in [2.45, 2.75) is 38.1 Å². The molecule has 1 atom stereocenters. The van der Waals surface area contributed by atoms with Crippen molar-refractivity contribution in [1.29, 1.82) is 0 Å². The van der Waals surface area contributed by atoms with Crippen LogP contribution < -0.4 is 5.73 Å². The molecule has 0 radical (unpaired) electrons. The predicted molar refractivity (Wildman–Crippen MR) is 66.6 cm³/mol. The maximum absolute atomic E-state index is 10.2. The molecule has 10 heteroatoms. The highest BCUT2D eigenvalue weighted by Crippen LogP contribution is 1.98. The van der Waals surface area contributed by atoms with E-state index in [1.807, 2.05) is 0 Å². The summed E-state index contributed by atoms with van der Waals surface area (Å²) in [6, 6.07) is -0.936. The van der Waals surface area contributed by atoms with Gasteiger partial charge in [-0.2, -0.15) is 0 Å². The summed E-state index contributed by atoms with van der Waals surface area (Å²) >= 11 is 0. The Morgan fingerprint density at radius 2 is 1.29 bits per heavy atom. The molecule has 0 aliphatic heterocycles. The molecule has 21 heavy (non-hydrogen) atoms. The number of carboxylic acids is 4. The van der Waals surface area contributed by atoms with Crippen LogP contribution in [0.15, 0.2) is 0 Å². The summed E-state index contributed by atoms with van der Waals surface area (Å²) in [6.45, 7) is 0. The second-order valence-electron chi connectivity index (χ2n) is 3.85. The van der Waals surface area contributed by atoms with Crippen LogP contribution >= 0.6 is 0 Å². The SMILES string of the molecule is NC(CCCC(=O)O)C(=O)O.O=C(O)CCC(=O)C(=O)O. The van der Waals surface area contributed by atoms with Gasteiger partial charge in [0.2, 0.25) is 5.78 Å². The van der Waals surface area contributed by atoms with E-state index in [4.69, 9.17) is 26.2 Å². The van der Waals surface area contributed by atoms with Crippen molar-refractivity contribution in [2.75, 3.05) is 0 Å². The van der Waals surface area contributed by atoms with Gasteiger partial charge < -0.3 is 26.2 Å². The lowest BCUT2D eigenvalue weighted by Gasteiger charge is -2.02. The Kier molecular flexibility index (Phi) is 11.2. The molecular formula is C11H17NO9. The molecule has 6 N–H and O–H groups in total. The third-order valence-electron chi connectivity index (χ3n) is 2.03. The number of Topliss-reactive ketones (excluding diaryl/α,β-unsaturated/α-hetero) is 1. The van der Waals surface area contributed by atoms with Gasteiger partial charge in [0.25, 0.3) is 0 Å². The number of rotatable bonds is 9. The van der Waals surface area contributed by atoms with E-state index in [0.717, 1.165) is 0 Å². The fourth-order valence-electron chi connectivity index (χ4n) is 0.924. The molecule has 0 bridgehead atoms. The quantitative estimate of drug-likeness (QED) is 0.335. The summed E-state index contributed by atoms with van der Waals surface area (Å²) < 4.78 is 0. The number of hydrogen-bond donors (Lipinski definition) is 5. The number of ketones is 1. The number of aliphatic carboxylic acids is 4. The van der Waals surface area contributed by atoms with Gasteiger partial charge in [-0.05, 0) is 12.8 Å². The van der Waals surface area contributed by atoms with Crippen LogP contribution in [0.1, 0.15) is 32.1 Å². The van der Waals surface area contributed by atoms with Crippen LogP contribution in [0.5, 0.6) is 0 Å². The monoisotopic (exact) mass is 307 g/mol. The van der Waals surface area contributed by atoms with E-state index < -0.39 is 48.5 Å². The maximum Gasteiger partial charge on any atom is 0.372 e. The highest BCUT2D eigenvalue weighted by molar-refractivity contribution is 6.32. The van der Waals surface area contributed by atoms with Crippen LogP contribution in [0.25, 0.3) is 0 Å². The minimum Gasteiger partial charge on any atom is -0.481 e. The lowest BCUT2D eigenvalue weighted by Crippen LogP contribution is -2.29. The van der Waals surface area contributed by atoms with Crippen molar-refractivity contribution in [2.24, 2.45) is 5.73 Å². The maximum atomic E-state index is 10.2. The Hall–Kier alpha value is -2.49. The lowest BCUT2D eigenvalue weighted by atomic mass is 10.1. The van der Waals surface area contributed by atoms with E-state index in [1.54, 1.807) is 0 Å². The summed E-state index contributed by atoms with van der Waals surface area (Å²) in [5.41, 5.74) is 5.11. The van der Waals surface area contributed by atoms with Gasteiger partial charge in [-0.15, -0.1) is 0 Å². The zero-order valence-corrected chi connectivity index (χ0v) is 11.0. The smallest absolute Gasteiger partial charge is 0.372 e. The molecule has 1 unspecified atom stereocenters. The van der Waals surface area contributed by atoms with Crippen molar-refractivity contribution in [3.05, 3.63) is 0 Å². The molecule has 0 aliphatic rings. The van der Waals surface area contributed by atoms with Gasteiger partial charge in [0, 0.05) is 12.8 Å². The van der Waals surface area contributed by atoms with Gasteiger partial charge in [0.05, 0.1) is 6.42 Å². The first-order chi connectivity index (χ1) is 9.57. The molecule has 0 aliphatic carbocycles. The summed E-state index contributed by atoms with van der Waals surface area (Å²) in [5, 5.41) is 32.4. The van der Waals surface area contributed by atoms with Crippen LogP contribution in [0.4, 0.5) is 0 Å². The number of nitrogens with two attached hydrogens (primary N) is 1. The summed E-state index contributed by atoms with van der Waals surface area (Å²) in [6.07, 6.45) is -0.374.